The maximum absolute atomic E-state index is 10.8. The average molecular weight is 142 g/mol. The Bertz CT molecular complexity index is 127. The van der Waals surface area contributed by atoms with E-state index in [9.17, 15) is 4.79 Å². The highest BCUT2D eigenvalue weighted by molar-refractivity contribution is 5.93. The molecule has 0 aliphatic rings. The molecule has 0 aromatic carbocycles. The van der Waals surface area contributed by atoms with Gasteiger partial charge in [0.15, 0.2) is 5.78 Å². The molecule has 0 aromatic rings. The molecular formula is C8H14O2. The van der Waals surface area contributed by atoms with Crippen LogP contribution in [0.15, 0.2) is 12.2 Å². The Balaban J connectivity index is 3.31. The molecule has 0 aliphatic carbocycles. The first-order valence-electron chi connectivity index (χ1n) is 3.48. The molecule has 0 unspecified atom stereocenters. The number of carbonyl (C=O) groups excluding carboxylic acids is 1. The predicted molar refractivity (Wildman–Crippen MR) is 40.8 cm³/mol. The fourth-order valence-electron chi connectivity index (χ4n) is 0.611. The van der Waals surface area contributed by atoms with Crippen LogP contribution in [0.5, 0.6) is 0 Å². The number of carbonyl (C=O) groups is 1. The zero-order chi connectivity index (χ0) is 7.98. The van der Waals surface area contributed by atoms with Gasteiger partial charge in [-0.25, -0.2) is 0 Å². The zero-order valence-electron chi connectivity index (χ0n) is 6.39. The molecule has 0 aliphatic heterocycles. The van der Waals surface area contributed by atoms with E-state index in [1.807, 2.05) is 0 Å². The van der Waals surface area contributed by atoms with Crippen LogP contribution in [0.1, 0.15) is 26.2 Å². The number of unbranched alkanes of at least 4 members (excludes halogenated alkanes) is 1. The summed E-state index contributed by atoms with van der Waals surface area (Å²) in [6.45, 7) is 5.40. The molecule has 0 saturated carbocycles. The van der Waals surface area contributed by atoms with E-state index in [1.54, 1.807) is 6.92 Å². The van der Waals surface area contributed by atoms with Crippen molar-refractivity contribution in [1.29, 1.82) is 0 Å². The van der Waals surface area contributed by atoms with Crippen molar-refractivity contribution < 1.29 is 9.90 Å². The number of aliphatic hydroxyl groups excluding tert-OH is 1. The summed E-state index contributed by atoms with van der Waals surface area (Å²) < 4.78 is 0. The Morgan fingerprint density at radius 3 is 2.50 bits per heavy atom. The second-order valence-corrected chi connectivity index (χ2v) is 2.38. The van der Waals surface area contributed by atoms with Gasteiger partial charge in [-0.2, -0.15) is 0 Å². The Labute approximate surface area is 61.6 Å². The molecule has 2 nitrogen and oxygen atoms in total. The molecule has 0 atom stereocenters. The molecule has 58 valence electrons. The first kappa shape index (κ1) is 9.37. The largest absolute Gasteiger partial charge is 0.396 e. The molecule has 1 N–H and O–H groups in total. The monoisotopic (exact) mass is 142 g/mol. The third-order valence-corrected chi connectivity index (χ3v) is 1.29. The van der Waals surface area contributed by atoms with Crippen LogP contribution >= 0.6 is 0 Å². The van der Waals surface area contributed by atoms with Crippen LogP contribution in [-0.2, 0) is 4.79 Å². The van der Waals surface area contributed by atoms with Gasteiger partial charge in [-0.05, 0) is 25.3 Å². The summed E-state index contributed by atoms with van der Waals surface area (Å²) in [6, 6.07) is 0. The van der Waals surface area contributed by atoms with Crippen LogP contribution in [0.2, 0.25) is 0 Å². The number of hydrogen-bond acceptors (Lipinski definition) is 2. The van der Waals surface area contributed by atoms with Gasteiger partial charge in [-0.3, -0.25) is 4.79 Å². The minimum Gasteiger partial charge on any atom is -0.396 e. The van der Waals surface area contributed by atoms with Crippen molar-refractivity contribution in [2.45, 2.75) is 26.2 Å². The summed E-state index contributed by atoms with van der Waals surface area (Å²) in [5, 5.41) is 8.38. The molecule has 0 fully saturated rings. The van der Waals surface area contributed by atoms with E-state index in [2.05, 4.69) is 6.58 Å². The van der Waals surface area contributed by atoms with Crippen LogP contribution in [0.25, 0.3) is 0 Å². The summed E-state index contributed by atoms with van der Waals surface area (Å²) in [4.78, 5) is 10.8. The lowest BCUT2D eigenvalue weighted by Crippen LogP contribution is -1.98. The minimum absolute atomic E-state index is 0.105. The molecule has 0 rings (SSSR count). The number of hydrogen-bond donors (Lipinski definition) is 1. The number of rotatable bonds is 5. The average Bonchev–Trinajstić information content (AvgIpc) is 1.88. The molecule has 0 aromatic heterocycles. The number of Topliss-reactive ketones (excluding diaryl/α,β-unsaturated/α-hetero) is 1. The van der Waals surface area contributed by atoms with E-state index in [0.29, 0.717) is 18.4 Å². The second-order valence-electron chi connectivity index (χ2n) is 2.38. The Morgan fingerprint density at radius 1 is 1.50 bits per heavy atom. The van der Waals surface area contributed by atoms with Crippen molar-refractivity contribution in [1.82, 2.24) is 0 Å². The van der Waals surface area contributed by atoms with Gasteiger partial charge in [0.05, 0.1) is 0 Å². The van der Waals surface area contributed by atoms with Gasteiger partial charge in [0.1, 0.15) is 0 Å². The maximum Gasteiger partial charge on any atom is 0.157 e. The van der Waals surface area contributed by atoms with Crippen molar-refractivity contribution in [2.24, 2.45) is 0 Å². The van der Waals surface area contributed by atoms with Gasteiger partial charge < -0.3 is 5.11 Å². The topological polar surface area (TPSA) is 37.3 Å². The SMILES string of the molecule is C=C(C)C(=O)CCCCO. The fourth-order valence-corrected chi connectivity index (χ4v) is 0.611. The fraction of sp³-hybridized carbons (Fsp3) is 0.625. The summed E-state index contributed by atoms with van der Waals surface area (Å²) in [7, 11) is 0. The van der Waals surface area contributed by atoms with E-state index in [4.69, 9.17) is 5.11 Å². The number of aliphatic hydroxyl groups is 1. The van der Waals surface area contributed by atoms with Gasteiger partial charge in [0, 0.05) is 13.0 Å². The molecular weight excluding hydrogens is 128 g/mol. The molecule has 0 heterocycles. The molecule has 0 radical (unpaired) electrons. The quantitative estimate of drug-likeness (QED) is 0.464. The minimum atomic E-state index is 0.105. The summed E-state index contributed by atoms with van der Waals surface area (Å²) in [5.41, 5.74) is 0.609. The Kier molecular flexibility index (Phi) is 4.85. The van der Waals surface area contributed by atoms with Crippen molar-refractivity contribution in [3.8, 4) is 0 Å². The normalized spacial score (nSPS) is 9.40. The third-order valence-electron chi connectivity index (χ3n) is 1.29. The van der Waals surface area contributed by atoms with Crippen molar-refractivity contribution in [3.05, 3.63) is 12.2 Å². The Morgan fingerprint density at radius 2 is 2.10 bits per heavy atom. The second kappa shape index (κ2) is 5.18. The zero-order valence-corrected chi connectivity index (χ0v) is 6.39. The molecule has 10 heavy (non-hydrogen) atoms. The first-order valence-corrected chi connectivity index (χ1v) is 3.48. The van der Waals surface area contributed by atoms with E-state index in [-0.39, 0.29) is 12.4 Å². The lowest BCUT2D eigenvalue weighted by Gasteiger charge is -1.96. The van der Waals surface area contributed by atoms with E-state index < -0.39 is 0 Å². The van der Waals surface area contributed by atoms with Gasteiger partial charge >= 0.3 is 0 Å². The lowest BCUT2D eigenvalue weighted by molar-refractivity contribution is -0.115. The molecule has 2 heteroatoms. The van der Waals surface area contributed by atoms with Crippen molar-refractivity contribution >= 4 is 5.78 Å². The molecule has 0 saturated heterocycles. The van der Waals surface area contributed by atoms with Gasteiger partial charge in [-0.15, -0.1) is 0 Å². The highest BCUT2D eigenvalue weighted by Crippen LogP contribution is 2.00. The van der Waals surface area contributed by atoms with Gasteiger partial charge in [0.25, 0.3) is 0 Å². The van der Waals surface area contributed by atoms with E-state index in [1.165, 1.54) is 0 Å². The standard InChI is InChI=1S/C8H14O2/c1-7(2)8(10)5-3-4-6-9/h9H,1,3-6H2,2H3. The van der Waals surface area contributed by atoms with Crippen LogP contribution in [0.3, 0.4) is 0 Å². The predicted octanol–water partition coefficient (Wildman–Crippen LogP) is 1.29. The molecule has 0 amide bonds. The van der Waals surface area contributed by atoms with Crippen LogP contribution in [0, 0.1) is 0 Å². The smallest absolute Gasteiger partial charge is 0.157 e. The highest BCUT2D eigenvalue weighted by Gasteiger charge is 1.99. The van der Waals surface area contributed by atoms with Crippen LogP contribution < -0.4 is 0 Å². The molecule has 0 spiro atoms. The van der Waals surface area contributed by atoms with Gasteiger partial charge in [0.2, 0.25) is 0 Å². The highest BCUT2D eigenvalue weighted by atomic mass is 16.2. The van der Waals surface area contributed by atoms with Crippen LogP contribution in [-0.4, -0.2) is 17.5 Å². The van der Waals surface area contributed by atoms with E-state index >= 15 is 0 Å². The number of allylic oxidation sites excluding steroid dienone is 1. The Hall–Kier alpha value is -0.630. The number of ketones is 1. The van der Waals surface area contributed by atoms with Gasteiger partial charge in [-0.1, -0.05) is 6.58 Å². The van der Waals surface area contributed by atoms with Crippen LogP contribution in [0.4, 0.5) is 0 Å². The summed E-state index contributed by atoms with van der Waals surface area (Å²) in [5.74, 6) is 0.105. The third kappa shape index (κ3) is 4.27. The van der Waals surface area contributed by atoms with E-state index in [0.717, 1.165) is 6.42 Å². The van der Waals surface area contributed by atoms with Crippen molar-refractivity contribution in [2.75, 3.05) is 6.61 Å². The maximum atomic E-state index is 10.8. The van der Waals surface area contributed by atoms with Crippen molar-refractivity contribution in [3.63, 3.8) is 0 Å². The first-order chi connectivity index (χ1) is 4.68. The summed E-state index contributed by atoms with van der Waals surface area (Å²) >= 11 is 0. The lowest BCUT2D eigenvalue weighted by atomic mass is 10.1. The molecule has 0 bridgehead atoms. The summed E-state index contributed by atoms with van der Waals surface area (Å²) in [6.07, 6.45) is 2.00.